The van der Waals surface area contributed by atoms with Crippen LogP contribution in [0.15, 0.2) is 0 Å². The average Bonchev–Trinajstić information content (AvgIpc) is 2.56. The van der Waals surface area contributed by atoms with Crippen molar-refractivity contribution in [1.82, 2.24) is 5.32 Å². The van der Waals surface area contributed by atoms with E-state index >= 15 is 0 Å². The lowest BCUT2D eigenvalue weighted by atomic mass is 9.83. The van der Waals surface area contributed by atoms with Crippen molar-refractivity contribution in [2.45, 2.75) is 96.6 Å². The third-order valence-electron chi connectivity index (χ3n) is 5.70. The first-order valence-electron chi connectivity index (χ1n) is 9.68. The van der Waals surface area contributed by atoms with Gasteiger partial charge in [0.15, 0.2) is 0 Å². The first-order chi connectivity index (χ1) is 10.3. The summed E-state index contributed by atoms with van der Waals surface area (Å²) in [5, 5.41) is 3.78. The number of ether oxygens (including phenoxy) is 1. The Hall–Kier alpha value is -0.0800. The van der Waals surface area contributed by atoms with Crippen molar-refractivity contribution in [3.8, 4) is 0 Å². The molecule has 0 spiro atoms. The largest absolute Gasteiger partial charge is 0.377 e. The molecule has 0 aromatic rings. The summed E-state index contributed by atoms with van der Waals surface area (Å²) in [7, 11) is 0. The second kappa shape index (κ2) is 9.84. The number of rotatable bonds is 8. The Labute approximate surface area is 132 Å². The molecule has 1 N–H and O–H groups in total. The van der Waals surface area contributed by atoms with Gasteiger partial charge < -0.3 is 10.1 Å². The van der Waals surface area contributed by atoms with Crippen molar-refractivity contribution < 1.29 is 4.74 Å². The number of hydrogen-bond donors (Lipinski definition) is 1. The van der Waals surface area contributed by atoms with E-state index in [1.165, 1.54) is 70.6 Å². The summed E-state index contributed by atoms with van der Waals surface area (Å²) in [6.45, 7) is 6.69. The first-order valence-corrected chi connectivity index (χ1v) is 9.68. The normalized spacial score (nSPS) is 29.4. The molecule has 124 valence electrons. The molecule has 0 radical (unpaired) electrons. The molecule has 2 saturated carbocycles. The predicted octanol–water partition coefficient (Wildman–Crippen LogP) is 4.92. The van der Waals surface area contributed by atoms with Gasteiger partial charge in [0.1, 0.15) is 0 Å². The smallest absolute Gasteiger partial charge is 0.0626 e. The standard InChI is InChI=1S/C19H37NO/c1-3-13-20-19(17-10-6-5-7-11-17)15-21-18-12-8-9-16(4-2)14-18/h16-20H,3-15H2,1-2H3. The van der Waals surface area contributed by atoms with Crippen LogP contribution in [0.1, 0.15) is 84.5 Å². The zero-order valence-electron chi connectivity index (χ0n) is 14.4. The van der Waals surface area contributed by atoms with Crippen molar-refractivity contribution in [1.29, 1.82) is 0 Å². The fraction of sp³-hybridized carbons (Fsp3) is 1.00. The van der Waals surface area contributed by atoms with Crippen molar-refractivity contribution in [3.05, 3.63) is 0 Å². The molecule has 2 aliphatic rings. The van der Waals surface area contributed by atoms with Crippen LogP contribution in [0.3, 0.4) is 0 Å². The highest BCUT2D eigenvalue weighted by atomic mass is 16.5. The van der Waals surface area contributed by atoms with E-state index in [0.29, 0.717) is 12.1 Å². The van der Waals surface area contributed by atoms with Crippen LogP contribution in [-0.4, -0.2) is 25.3 Å². The summed E-state index contributed by atoms with van der Waals surface area (Å²) in [6.07, 6.45) is 15.6. The molecule has 3 unspecified atom stereocenters. The lowest BCUT2D eigenvalue weighted by Crippen LogP contribution is -2.42. The summed E-state index contributed by atoms with van der Waals surface area (Å²) < 4.78 is 6.36. The minimum atomic E-state index is 0.540. The van der Waals surface area contributed by atoms with E-state index in [9.17, 15) is 0 Å². The minimum Gasteiger partial charge on any atom is -0.377 e. The van der Waals surface area contributed by atoms with Gasteiger partial charge in [-0.3, -0.25) is 0 Å². The van der Waals surface area contributed by atoms with E-state index in [1.807, 2.05) is 0 Å². The van der Waals surface area contributed by atoms with Crippen molar-refractivity contribution in [2.24, 2.45) is 11.8 Å². The molecule has 0 heterocycles. The minimum absolute atomic E-state index is 0.540. The Balaban J connectivity index is 1.77. The van der Waals surface area contributed by atoms with E-state index in [4.69, 9.17) is 4.74 Å². The monoisotopic (exact) mass is 295 g/mol. The Morgan fingerprint density at radius 1 is 1.00 bits per heavy atom. The molecule has 0 saturated heterocycles. The molecule has 2 nitrogen and oxygen atoms in total. The Morgan fingerprint density at radius 3 is 2.52 bits per heavy atom. The van der Waals surface area contributed by atoms with Gasteiger partial charge in [0.2, 0.25) is 0 Å². The molecule has 0 amide bonds. The molecular formula is C19H37NO. The molecular weight excluding hydrogens is 258 g/mol. The van der Waals surface area contributed by atoms with E-state index in [-0.39, 0.29) is 0 Å². The molecule has 3 atom stereocenters. The molecule has 0 bridgehead atoms. The van der Waals surface area contributed by atoms with Crippen LogP contribution in [0.4, 0.5) is 0 Å². The van der Waals surface area contributed by atoms with Gasteiger partial charge in [-0.15, -0.1) is 0 Å². The third kappa shape index (κ3) is 5.90. The van der Waals surface area contributed by atoms with Crippen LogP contribution in [0.5, 0.6) is 0 Å². The quantitative estimate of drug-likeness (QED) is 0.686. The van der Waals surface area contributed by atoms with E-state index in [1.54, 1.807) is 0 Å². The molecule has 2 rings (SSSR count). The Bertz CT molecular complexity index is 262. The summed E-state index contributed by atoms with van der Waals surface area (Å²) in [6, 6.07) is 0.604. The van der Waals surface area contributed by atoms with Gasteiger partial charge >= 0.3 is 0 Å². The summed E-state index contributed by atoms with van der Waals surface area (Å²) in [5.74, 6) is 1.77. The molecule has 2 fully saturated rings. The molecule has 21 heavy (non-hydrogen) atoms. The van der Waals surface area contributed by atoms with Crippen molar-refractivity contribution >= 4 is 0 Å². The fourth-order valence-corrected chi connectivity index (χ4v) is 4.23. The molecule has 2 aliphatic carbocycles. The number of hydrogen-bond acceptors (Lipinski definition) is 2. The number of nitrogens with one attached hydrogen (secondary N) is 1. The van der Waals surface area contributed by atoms with Crippen LogP contribution in [0.2, 0.25) is 0 Å². The van der Waals surface area contributed by atoms with Gasteiger partial charge in [-0.2, -0.15) is 0 Å². The highest BCUT2D eigenvalue weighted by Crippen LogP contribution is 2.30. The lowest BCUT2D eigenvalue weighted by Gasteiger charge is -2.34. The van der Waals surface area contributed by atoms with Gasteiger partial charge in [-0.05, 0) is 50.5 Å². The predicted molar refractivity (Wildman–Crippen MR) is 90.6 cm³/mol. The van der Waals surface area contributed by atoms with Crippen LogP contribution in [0, 0.1) is 11.8 Å². The van der Waals surface area contributed by atoms with Crippen LogP contribution in [-0.2, 0) is 4.74 Å². The second-order valence-electron chi connectivity index (χ2n) is 7.35. The zero-order valence-corrected chi connectivity index (χ0v) is 14.4. The fourth-order valence-electron chi connectivity index (χ4n) is 4.23. The molecule has 0 aliphatic heterocycles. The van der Waals surface area contributed by atoms with Crippen LogP contribution < -0.4 is 5.32 Å². The maximum Gasteiger partial charge on any atom is 0.0626 e. The first kappa shape index (κ1) is 17.3. The van der Waals surface area contributed by atoms with Gasteiger partial charge in [0.25, 0.3) is 0 Å². The van der Waals surface area contributed by atoms with Gasteiger partial charge in [0, 0.05) is 6.04 Å². The van der Waals surface area contributed by atoms with E-state index in [2.05, 4.69) is 19.2 Å². The van der Waals surface area contributed by atoms with Gasteiger partial charge in [-0.1, -0.05) is 52.4 Å². The highest BCUT2D eigenvalue weighted by molar-refractivity contribution is 4.80. The average molecular weight is 296 g/mol. The zero-order chi connectivity index (χ0) is 14.9. The van der Waals surface area contributed by atoms with E-state index < -0.39 is 0 Å². The van der Waals surface area contributed by atoms with Gasteiger partial charge in [0.05, 0.1) is 12.7 Å². The lowest BCUT2D eigenvalue weighted by molar-refractivity contribution is -0.00877. The van der Waals surface area contributed by atoms with Crippen molar-refractivity contribution in [3.63, 3.8) is 0 Å². The second-order valence-corrected chi connectivity index (χ2v) is 7.35. The van der Waals surface area contributed by atoms with Gasteiger partial charge in [-0.25, -0.2) is 0 Å². The Kier molecular flexibility index (Phi) is 8.10. The molecule has 0 aromatic heterocycles. The van der Waals surface area contributed by atoms with Crippen LogP contribution >= 0.6 is 0 Å². The molecule has 2 heteroatoms. The summed E-state index contributed by atoms with van der Waals surface area (Å²) >= 11 is 0. The topological polar surface area (TPSA) is 21.3 Å². The maximum absolute atomic E-state index is 6.36. The molecule has 0 aromatic carbocycles. The SMILES string of the molecule is CCCNC(COC1CCCC(CC)C1)C1CCCCC1. The van der Waals surface area contributed by atoms with E-state index in [0.717, 1.165) is 25.0 Å². The summed E-state index contributed by atoms with van der Waals surface area (Å²) in [4.78, 5) is 0. The van der Waals surface area contributed by atoms with Crippen LogP contribution in [0.25, 0.3) is 0 Å². The Morgan fingerprint density at radius 2 is 1.81 bits per heavy atom. The highest BCUT2D eigenvalue weighted by Gasteiger charge is 2.26. The maximum atomic E-state index is 6.36. The summed E-state index contributed by atoms with van der Waals surface area (Å²) in [5.41, 5.74) is 0. The van der Waals surface area contributed by atoms with Crippen molar-refractivity contribution in [2.75, 3.05) is 13.2 Å². The third-order valence-corrected chi connectivity index (χ3v) is 5.70.